The summed E-state index contributed by atoms with van der Waals surface area (Å²) in [6.07, 6.45) is 2.75. The van der Waals surface area contributed by atoms with Gasteiger partial charge in [0.2, 0.25) is 0 Å². The van der Waals surface area contributed by atoms with E-state index in [-0.39, 0.29) is 6.61 Å². The number of aryl methyl sites for hydroxylation is 1. The van der Waals surface area contributed by atoms with Crippen LogP contribution in [0, 0.1) is 6.92 Å². The van der Waals surface area contributed by atoms with Crippen LogP contribution >= 0.6 is 0 Å². The molecule has 4 heteroatoms. The molecule has 1 unspecified atom stereocenters. The lowest BCUT2D eigenvalue weighted by molar-refractivity contribution is 0.0816. The fourth-order valence-corrected chi connectivity index (χ4v) is 1.81. The Morgan fingerprint density at radius 1 is 1.35 bits per heavy atom. The van der Waals surface area contributed by atoms with E-state index in [1.54, 1.807) is 12.4 Å². The molecule has 0 radical (unpaired) electrons. The summed E-state index contributed by atoms with van der Waals surface area (Å²) < 4.78 is 1.85. The van der Waals surface area contributed by atoms with Gasteiger partial charge in [-0.25, -0.2) is 4.98 Å². The highest BCUT2D eigenvalue weighted by atomic mass is 16.3. The number of hydrogen-bond acceptors (Lipinski definition) is 3. The van der Waals surface area contributed by atoms with Crippen molar-refractivity contribution >= 4 is 0 Å². The number of aliphatic hydroxyl groups excluding tert-OH is 2. The van der Waals surface area contributed by atoms with Crippen LogP contribution in [0.2, 0.25) is 0 Å². The van der Waals surface area contributed by atoms with Crippen molar-refractivity contribution in [2.45, 2.75) is 19.6 Å². The zero-order chi connectivity index (χ0) is 12.3. The summed E-state index contributed by atoms with van der Waals surface area (Å²) in [6.45, 7) is 2.13. The number of aliphatic hydroxyl groups is 2. The number of aromatic nitrogens is 2. The molecule has 0 saturated carbocycles. The standard InChI is InChI=1S/C13H16N2O2/c1-10-4-2-3-5-12(10)13-14-6-7-15(13)8-11(17)9-16/h2-7,11,16-17H,8-9H2,1H3. The SMILES string of the molecule is Cc1ccccc1-c1nccn1CC(O)CO. The van der Waals surface area contributed by atoms with Crippen LogP contribution in [0.4, 0.5) is 0 Å². The second kappa shape index (κ2) is 5.12. The van der Waals surface area contributed by atoms with Gasteiger partial charge in [-0.2, -0.15) is 0 Å². The smallest absolute Gasteiger partial charge is 0.140 e. The molecule has 0 saturated heterocycles. The average molecular weight is 232 g/mol. The van der Waals surface area contributed by atoms with E-state index in [4.69, 9.17) is 5.11 Å². The topological polar surface area (TPSA) is 58.3 Å². The van der Waals surface area contributed by atoms with Crippen molar-refractivity contribution in [3.05, 3.63) is 42.2 Å². The first-order chi connectivity index (χ1) is 8.22. The Bertz CT molecular complexity index is 494. The van der Waals surface area contributed by atoms with Gasteiger partial charge < -0.3 is 14.8 Å². The maximum atomic E-state index is 9.47. The van der Waals surface area contributed by atoms with Gasteiger partial charge in [0.15, 0.2) is 0 Å². The van der Waals surface area contributed by atoms with Crippen molar-refractivity contribution in [2.75, 3.05) is 6.61 Å². The molecule has 2 rings (SSSR count). The highest BCUT2D eigenvalue weighted by Gasteiger charge is 2.10. The zero-order valence-electron chi connectivity index (χ0n) is 9.74. The molecule has 0 aliphatic rings. The minimum Gasteiger partial charge on any atom is -0.394 e. The maximum Gasteiger partial charge on any atom is 0.140 e. The van der Waals surface area contributed by atoms with E-state index in [9.17, 15) is 5.11 Å². The van der Waals surface area contributed by atoms with Crippen molar-refractivity contribution in [1.82, 2.24) is 9.55 Å². The lowest BCUT2D eigenvalue weighted by atomic mass is 10.1. The van der Waals surface area contributed by atoms with Crippen LogP contribution in [0.15, 0.2) is 36.7 Å². The van der Waals surface area contributed by atoms with E-state index >= 15 is 0 Å². The Balaban J connectivity index is 2.34. The molecule has 1 aromatic heterocycles. The van der Waals surface area contributed by atoms with Crippen molar-refractivity contribution < 1.29 is 10.2 Å². The molecular formula is C13H16N2O2. The largest absolute Gasteiger partial charge is 0.394 e. The number of rotatable bonds is 4. The van der Waals surface area contributed by atoms with Crippen molar-refractivity contribution in [3.63, 3.8) is 0 Å². The molecule has 2 aromatic rings. The summed E-state index contributed by atoms with van der Waals surface area (Å²) >= 11 is 0. The molecule has 0 aliphatic heterocycles. The molecule has 0 fully saturated rings. The third kappa shape index (κ3) is 2.54. The number of imidazole rings is 1. The quantitative estimate of drug-likeness (QED) is 0.833. The molecule has 4 nitrogen and oxygen atoms in total. The van der Waals surface area contributed by atoms with Gasteiger partial charge in [-0.05, 0) is 12.5 Å². The molecule has 0 aliphatic carbocycles. The van der Waals surface area contributed by atoms with Crippen LogP contribution in [0.5, 0.6) is 0 Å². The lowest BCUT2D eigenvalue weighted by Crippen LogP contribution is -2.20. The summed E-state index contributed by atoms with van der Waals surface area (Å²) in [5.74, 6) is 0.815. The van der Waals surface area contributed by atoms with Gasteiger partial charge in [0.1, 0.15) is 5.82 Å². The molecule has 1 heterocycles. The minimum atomic E-state index is -0.757. The van der Waals surface area contributed by atoms with E-state index in [1.807, 2.05) is 35.8 Å². The Morgan fingerprint density at radius 2 is 2.12 bits per heavy atom. The molecule has 0 amide bonds. The van der Waals surface area contributed by atoms with E-state index in [1.165, 1.54) is 0 Å². The molecular weight excluding hydrogens is 216 g/mol. The van der Waals surface area contributed by atoms with Crippen LogP contribution in [0.3, 0.4) is 0 Å². The summed E-state index contributed by atoms with van der Waals surface area (Å²) in [5.41, 5.74) is 2.18. The number of hydrogen-bond donors (Lipinski definition) is 2. The van der Waals surface area contributed by atoms with Crippen LogP contribution in [0.25, 0.3) is 11.4 Å². The second-order valence-electron chi connectivity index (χ2n) is 4.05. The van der Waals surface area contributed by atoms with Gasteiger partial charge in [-0.1, -0.05) is 24.3 Å². The molecule has 1 aromatic carbocycles. The average Bonchev–Trinajstić information content (AvgIpc) is 2.77. The molecule has 0 bridgehead atoms. The van der Waals surface area contributed by atoms with Gasteiger partial charge >= 0.3 is 0 Å². The normalized spacial score (nSPS) is 12.6. The zero-order valence-corrected chi connectivity index (χ0v) is 9.74. The van der Waals surface area contributed by atoms with Gasteiger partial charge in [0.05, 0.1) is 19.3 Å². The second-order valence-corrected chi connectivity index (χ2v) is 4.05. The van der Waals surface area contributed by atoms with Gasteiger partial charge in [-0.15, -0.1) is 0 Å². The molecule has 17 heavy (non-hydrogen) atoms. The summed E-state index contributed by atoms with van der Waals surface area (Å²) in [4.78, 5) is 4.30. The Hall–Kier alpha value is -1.65. The monoisotopic (exact) mass is 232 g/mol. The Kier molecular flexibility index (Phi) is 3.56. The van der Waals surface area contributed by atoms with Crippen LogP contribution in [-0.2, 0) is 6.54 Å². The molecule has 0 spiro atoms. The number of benzene rings is 1. The first-order valence-electron chi connectivity index (χ1n) is 5.58. The maximum absolute atomic E-state index is 9.47. The van der Waals surface area contributed by atoms with Gasteiger partial charge in [0.25, 0.3) is 0 Å². The minimum absolute atomic E-state index is 0.245. The van der Waals surface area contributed by atoms with Crippen molar-refractivity contribution in [1.29, 1.82) is 0 Å². The predicted molar refractivity (Wildman–Crippen MR) is 65.5 cm³/mol. The predicted octanol–water partition coefficient (Wildman–Crippen LogP) is 1.21. The fraction of sp³-hybridized carbons (Fsp3) is 0.308. The molecule has 2 N–H and O–H groups in total. The van der Waals surface area contributed by atoms with Crippen molar-refractivity contribution in [2.24, 2.45) is 0 Å². The van der Waals surface area contributed by atoms with E-state index in [2.05, 4.69) is 4.98 Å². The van der Waals surface area contributed by atoms with Crippen molar-refractivity contribution in [3.8, 4) is 11.4 Å². The van der Waals surface area contributed by atoms with Crippen LogP contribution < -0.4 is 0 Å². The fourth-order valence-electron chi connectivity index (χ4n) is 1.81. The van der Waals surface area contributed by atoms with E-state index in [0.717, 1.165) is 17.0 Å². The first kappa shape index (κ1) is 11.8. The third-order valence-electron chi connectivity index (χ3n) is 2.72. The summed E-state index contributed by atoms with van der Waals surface area (Å²) in [5, 5.41) is 18.3. The van der Waals surface area contributed by atoms with Crippen LogP contribution in [0.1, 0.15) is 5.56 Å². The molecule has 1 atom stereocenters. The first-order valence-corrected chi connectivity index (χ1v) is 5.58. The Labute approximate surface area is 100 Å². The molecule has 90 valence electrons. The Morgan fingerprint density at radius 3 is 2.82 bits per heavy atom. The lowest BCUT2D eigenvalue weighted by Gasteiger charge is -2.12. The van der Waals surface area contributed by atoms with Gasteiger partial charge in [-0.3, -0.25) is 0 Å². The summed E-state index contributed by atoms with van der Waals surface area (Å²) in [7, 11) is 0. The van der Waals surface area contributed by atoms with Gasteiger partial charge in [0, 0.05) is 18.0 Å². The van der Waals surface area contributed by atoms with E-state index < -0.39 is 6.10 Å². The number of nitrogens with zero attached hydrogens (tertiary/aromatic N) is 2. The highest BCUT2D eigenvalue weighted by Crippen LogP contribution is 2.21. The summed E-state index contributed by atoms with van der Waals surface area (Å²) in [6, 6.07) is 7.97. The van der Waals surface area contributed by atoms with Crippen LogP contribution in [-0.4, -0.2) is 32.5 Å². The third-order valence-corrected chi connectivity index (χ3v) is 2.72. The van der Waals surface area contributed by atoms with E-state index in [0.29, 0.717) is 6.54 Å². The highest BCUT2D eigenvalue weighted by molar-refractivity contribution is 5.60.